The van der Waals surface area contributed by atoms with Crippen LogP contribution >= 0.6 is 23.7 Å². The molecular formula is C21H24ClFN2O3S. The van der Waals surface area contributed by atoms with Crippen LogP contribution in [0.25, 0.3) is 0 Å². The molecule has 0 unspecified atom stereocenters. The third kappa shape index (κ3) is 5.88. The molecule has 1 aromatic carbocycles. The summed E-state index contributed by atoms with van der Waals surface area (Å²) in [5.74, 6) is -1.15. The standard InChI is InChI=1S/C21H23FN2O3S.ClH/c1-14-7-11-28-20(14)19(18-6-5-17(22)12-15(18)2)23-27-10-9-24-8-3-4-16(13-24)21(25)26;/h4-7,11-12H,3,8-10,13H2,1-2H3,(H,25,26);1H/b23-19+;. The fourth-order valence-electron chi connectivity index (χ4n) is 3.15. The van der Waals surface area contributed by atoms with E-state index >= 15 is 0 Å². The average molecular weight is 439 g/mol. The zero-order valence-corrected chi connectivity index (χ0v) is 18.0. The molecule has 0 spiro atoms. The van der Waals surface area contributed by atoms with Crippen molar-refractivity contribution in [3.8, 4) is 0 Å². The number of thiophene rings is 1. The van der Waals surface area contributed by atoms with E-state index in [-0.39, 0.29) is 18.2 Å². The molecule has 3 rings (SSSR count). The van der Waals surface area contributed by atoms with Gasteiger partial charge in [-0.15, -0.1) is 23.7 Å². The van der Waals surface area contributed by atoms with Gasteiger partial charge in [-0.2, -0.15) is 0 Å². The molecule has 1 aromatic heterocycles. The molecule has 156 valence electrons. The van der Waals surface area contributed by atoms with E-state index in [9.17, 15) is 9.18 Å². The molecule has 0 fully saturated rings. The van der Waals surface area contributed by atoms with Crippen molar-refractivity contribution in [1.82, 2.24) is 4.90 Å². The first-order valence-corrected chi connectivity index (χ1v) is 9.99. The summed E-state index contributed by atoms with van der Waals surface area (Å²) in [7, 11) is 0. The summed E-state index contributed by atoms with van der Waals surface area (Å²) >= 11 is 1.57. The van der Waals surface area contributed by atoms with Gasteiger partial charge in [0.15, 0.2) is 0 Å². The van der Waals surface area contributed by atoms with Crippen molar-refractivity contribution < 1.29 is 19.1 Å². The summed E-state index contributed by atoms with van der Waals surface area (Å²) in [4.78, 5) is 19.8. The molecule has 0 atom stereocenters. The highest BCUT2D eigenvalue weighted by Gasteiger charge is 2.18. The maximum absolute atomic E-state index is 13.5. The smallest absolute Gasteiger partial charge is 0.332 e. The van der Waals surface area contributed by atoms with E-state index < -0.39 is 5.97 Å². The van der Waals surface area contributed by atoms with Crippen molar-refractivity contribution in [2.75, 3.05) is 26.2 Å². The lowest BCUT2D eigenvalue weighted by atomic mass is 10.0. The Bertz CT molecular complexity index is 926. The number of oxime groups is 1. The summed E-state index contributed by atoms with van der Waals surface area (Å²) < 4.78 is 13.5. The molecule has 0 radical (unpaired) electrons. The van der Waals surface area contributed by atoms with Crippen LogP contribution in [0.4, 0.5) is 4.39 Å². The Morgan fingerprint density at radius 1 is 1.31 bits per heavy atom. The summed E-state index contributed by atoms with van der Waals surface area (Å²) in [6.45, 7) is 6.01. The largest absolute Gasteiger partial charge is 0.478 e. The number of rotatable bonds is 7. The average Bonchev–Trinajstić information content (AvgIpc) is 3.08. The molecular weight excluding hydrogens is 415 g/mol. The number of hydrogen-bond donors (Lipinski definition) is 1. The van der Waals surface area contributed by atoms with Gasteiger partial charge in [-0.05, 0) is 61.0 Å². The van der Waals surface area contributed by atoms with Crippen LogP contribution in [0.5, 0.6) is 0 Å². The molecule has 0 amide bonds. The van der Waals surface area contributed by atoms with Crippen molar-refractivity contribution in [3.05, 3.63) is 68.7 Å². The summed E-state index contributed by atoms with van der Waals surface area (Å²) in [5, 5.41) is 15.5. The Labute approximate surface area is 179 Å². The molecule has 1 aliphatic rings. The van der Waals surface area contributed by atoms with Crippen LogP contribution in [-0.4, -0.2) is 47.9 Å². The van der Waals surface area contributed by atoms with Gasteiger partial charge in [0.1, 0.15) is 18.1 Å². The van der Waals surface area contributed by atoms with Gasteiger partial charge in [-0.25, -0.2) is 9.18 Å². The topological polar surface area (TPSA) is 62.1 Å². The molecule has 2 aromatic rings. The monoisotopic (exact) mass is 438 g/mol. The van der Waals surface area contributed by atoms with Crippen molar-refractivity contribution in [2.45, 2.75) is 20.3 Å². The second kappa shape index (κ2) is 10.5. The van der Waals surface area contributed by atoms with E-state index in [1.54, 1.807) is 23.5 Å². The third-order valence-electron chi connectivity index (χ3n) is 4.68. The molecule has 5 nitrogen and oxygen atoms in total. The van der Waals surface area contributed by atoms with Crippen LogP contribution in [0, 0.1) is 19.7 Å². The van der Waals surface area contributed by atoms with Crippen LogP contribution in [-0.2, 0) is 9.63 Å². The lowest BCUT2D eigenvalue weighted by Gasteiger charge is -2.24. The number of carboxylic acid groups (broad SMARTS) is 1. The fourth-order valence-corrected chi connectivity index (χ4v) is 4.07. The van der Waals surface area contributed by atoms with E-state index in [2.05, 4.69) is 5.16 Å². The minimum atomic E-state index is -0.870. The molecule has 0 bridgehead atoms. The van der Waals surface area contributed by atoms with Crippen LogP contribution in [0.3, 0.4) is 0 Å². The third-order valence-corrected chi connectivity index (χ3v) is 5.70. The zero-order chi connectivity index (χ0) is 20.1. The number of carbonyl (C=O) groups is 1. The second-order valence-corrected chi connectivity index (χ2v) is 7.68. The number of halogens is 2. The number of hydrogen-bond acceptors (Lipinski definition) is 5. The van der Waals surface area contributed by atoms with Gasteiger partial charge < -0.3 is 9.94 Å². The Hall–Kier alpha value is -2.22. The SMILES string of the molecule is Cc1cc(F)ccc1/C(=N\OCCN1CCC=C(C(=O)O)C1)c1sccc1C.Cl. The van der Waals surface area contributed by atoms with Gasteiger partial charge >= 0.3 is 5.97 Å². The number of aliphatic carboxylic acids is 1. The van der Waals surface area contributed by atoms with Crippen molar-refractivity contribution in [3.63, 3.8) is 0 Å². The first-order valence-electron chi connectivity index (χ1n) is 9.11. The number of carboxylic acids is 1. The van der Waals surface area contributed by atoms with Gasteiger partial charge in [0, 0.05) is 30.8 Å². The highest BCUT2D eigenvalue weighted by molar-refractivity contribution is 7.12. The molecule has 2 heterocycles. The molecule has 1 aliphatic heterocycles. The Morgan fingerprint density at radius 3 is 2.76 bits per heavy atom. The van der Waals surface area contributed by atoms with Gasteiger partial charge in [0.05, 0.1) is 4.88 Å². The Kier molecular flexibility index (Phi) is 8.37. The maximum atomic E-state index is 13.5. The highest BCUT2D eigenvalue weighted by Crippen LogP contribution is 2.23. The minimum absolute atomic E-state index is 0. The van der Waals surface area contributed by atoms with Crippen molar-refractivity contribution >= 4 is 35.4 Å². The highest BCUT2D eigenvalue weighted by atomic mass is 35.5. The van der Waals surface area contributed by atoms with Crippen LogP contribution in [0.2, 0.25) is 0 Å². The number of benzene rings is 1. The quantitative estimate of drug-likeness (QED) is 0.395. The van der Waals surface area contributed by atoms with Crippen molar-refractivity contribution in [2.24, 2.45) is 5.16 Å². The van der Waals surface area contributed by atoms with Crippen LogP contribution in [0.1, 0.15) is 28.0 Å². The first kappa shape index (κ1) is 23.1. The normalized spacial score (nSPS) is 14.9. The Balaban J connectivity index is 0.00000300. The summed E-state index contributed by atoms with van der Waals surface area (Å²) in [6, 6.07) is 6.65. The van der Waals surface area contributed by atoms with Gasteiger partial charge in [-0.1, -0.05) is 11.2 Å². The van der Waals surface area contributed by atoms with E-state index in [1.807, 2.05) is 30.2 Å². The lowest BCUT2D eigenvalue weighted by molar-refractivity contribution is -0.133. The van der Waals surface area contributed by atoms with Crippen LogP contribution in [0.15, 0.2) is 46.5 Å². The first-order chi connectivity index (χ1) is 13.5. The molecule has 0 saturated heterocycles. The molecule has 29 heavy (non-hydrogen) atoms. The number of nitrogens with zero attached hydrogens (tertiary/aromatic N) is 2. The van der Waals surface area contributed by atoms with Crippen molar-refractivity contribution in [1.29, 1.82) is 0 Å². The lowest BCUT2D eigenvalue weighted by Crippen LogP contribution is -2.34. The zero-order valence-electron chi connectivity index (χ0n) is 16.4. The summed E-state index contributed by atoms with van der Waals surface area (Å²) in [5.41, 5.74) is 3.83. The molecule has 1 N–H and O–H groups in total. The molecule has 0 saturated carbocycles. The number of aryl methyl sites for hydroxylation is 2. The maximum Gasteiger partial charge on any atom is 0.332 e. The Morgan fingerprint density at radius 2 is 2.10 bits per heavy atom. The van der Waals surface area contributed by atoms with E-state index in [0.717, 1.165) is 34.5 Å². The van der Waals surface area contributed by atoms with Gasteiger partial charge in [-0.3, -0.25) is 4.90 Å². The minimum Gasteiger partial charge on any atom is -0.478 e. The van der Waals surface area contributed by atoms with Gasteiger partial charge in [0.25, 0.3) is 0 Å². The molecule has 0 aliphatic carbocycles. The second-order valence-electron chi connectivity index (χ2n) is 6.76. The predicted octanol–water partition coefficient (Wildman–Crippen LogP) is 4.41. The predicted molar refractivity (Wildman–Crippen MR) is 116 cm³/mol. The molecule has 8 heteroatoms. The fraction of sp³-hybridized carbons (Fsp3) is 0.333. The summed E-state index contributed by atoms with van der Waals surface area (Å²) in [6.07, 6.45) is 2.49. The van der Waals surface area contributed by atoms with Gasteiger partial charge in [0.2, 0.25) is 0 Å². The van der Waals surface area contributed by atoms with E-state index in [1.165, 1.54) is 12.1 Å². The van der Waals surface area contributed by atoms with E-state index in [0.29, 0.717) is 31.0 Å². The van der Waals surface area contributed by atoms with Crippen LogP contribution < -0.4 is 0 Å². The van der Waals surface area contributed by atoms with E-state index in [4.69, 9.17) is 9.94 Å².